The van der Waals surface area contributed by atoms with Crippen LogP contribution in [0.15, 0.2) is 47.4 Å². The zero-order valence-corrected chi connectivity index (χ0v) is 21.6. The summed E-state index contributed by atoms with van der Waals surface area (Å²) in [6, 6.07) is 11.8. The highest BCUT2D eigenvalue weighted by molar-refractivity contribution is 7.89. The van der Waals surface area contributed by atoms with E-state index in [-0.39, 0.29) is 49.1 Å². The van der Waals surface area contributed by atoms with Crippen molar-refractivity contribution in [1.82, 2.24) is 9.21 Å². The molecule has 1 saturated carbocycles. The van der Waals surface area contributed by atoms with Crippen molar-refractivity contribution < 1.29 is 22.0 Å². The van der Waals surface area contributed by atoms with Crippen molar-refractivity contribution >= 4 is 15.9 Å². The first-order valence-corrected chi connectivity index (χ1v) is 14.5. The quantitative estimate of drug-likeness (QED) is 0.527. The summed E-state index contributed by atoms with van der Waals surface area (Å²) in [6.45, 7) is 2.49. The second-order valence-corrected chi connectivity index (χ2v) is 12.5. The molecule has 5 rings (SSSR count). The summed E-state index contributed by atoms with van der Waals surface area (Å²) < 4.78 is 56.2. The van der Waals surface area contributed by atoms with E-state index in [0.717, 1.165) is 30.4 Å². The fourth-order valence-electron chi connectivity index (χ4n) is 5.96. The molecule has 5 nitrogen and oxygen atoms in total. The summed E-state index contributed by atoms with van der Waals surface area (Å²) in [5.41, 5.74) is 4.56. The first kappa shape index (κ1) is 25.3. The summed E-state index contributed by atoms with van der Waals surface area (Å²) in [7, 11) is -3.85. The number of amides is 1. The molecule has 194 valence electrons. The van der Waals surface area contributed by atoms with Gasteiger partial charge in [0.1, 0.15) is 6.04 Å². The molecule has 2 aromatic carbocycles. The van der Waals surface area contributed by atoms with Crippen molar-refractivity contribution in [2.75, 3.05) is 6.54 Å². The Morgan fingerprint density at radius 3 is 2.42 bits per heavy atom. The van der Waals surface area contributed by atoms with E-state index >= 15 is 0 Å². The molecule has 8 heteroatoms. The molecule has 0 spiro atoms. The van der Waals surface area contributed by atoms with Crippen LogP contribution in [0.5, 0.6) is 0 Å². The first-order valence-electron chi connectivity index (χ1n) is 13.0. The molecule has 0 N–H and O–H groups in total. The van der Waals surface area contributed by atoms with Gasteiger partial charge in [-0.25, -0.2) is 17.2 Å². The average molecular weight is 517 g/mol. The lowest BCUT2D eigenvalue weighted by atomic mass is 9.90. The Morgan fingerprint density at radius 2 is 1.69 bits per heavy atom. The van der Waals surface area contributed by atoms with Crippen molar-refractivity contribution in [3.05, 3.63) is 64.7 Å². The summed E-state index contributed by atoms with van der Waals surface area (Å²) >= 11 is 0. The van der Waals surface area contributed by atoms with Gasteiger partial charge in [0, 0.05) is 32.0 Å². The fraction of sp³-hybridized carbons (Fsp3) is 0.536. The second kappa shape index (κ2) is 9.86. The summed E-state index contributed by atoms with van der Waals surface area (Å²) in [6.07, 6.45) is 4.17. The normalized spacial score (nSPS) is 22.5. The smallest absolute Gasteiger partial charge is 0.248 e. The Hall–Kier alpha value is -2.32. The van der Waals surface area contributed by atoms with Gasteiger partial charge in [-0.3, -0.25) is 4.79 Å². The maximum Gasteiger partial charge on any atom is 0.248 e. The third kappa shape index (κ3) is 5.07. The number of halogens is 2. The van der Waals surface area contributed by atoms with Gasteiger partial charge in [0.2, 0.25) is 21.9 Å². The Labute approximate surface area is 212 Å². The third-order valence-corrected chi connectivity index (χ3v) is 9.97. The topological polar surface area (TPSA) is 57.7 Å². The van der Waals surface area contributed by atoms with E-state index in [2.05, 4.69) is 12.1 Å². The minimum atomic E-state index is -3.85. The van der Waals surface area contributed by atoms with Crippen LogP contribution in [0.2, 0.25) is 0 Å². The Morgan fingerprint density at radius 1 is 1.00 bits per heavy atom. The van der Waals surface area contributed by atoms with Crippen LogP contribution in [-0.2, 0) is 34.2 Å². The molecule has 2 fully saturated rings. The van der Waals surface area contributed by atoms with E-state index in [4.69, 9.17) is 0 Å². The van der Waals surface area contributed by atoms with Crippen LogP contribution in [0.1, 0.15) is 67.2 Å². The van der Waals surface area contributed by atoms with Crippen LogP contribution < -0.4 is 0 Å². The highest BCUT2D eigenvalue weighted by Gasteiger charge is 2.44. The molecule has 0 bridgehead atoms. The van der Waals surface area contributed by atoms with Gasteiger partial charge in [-0.15, -0.1) is 0 Å². The molecule has 0 radical (unpaired) electrons. The number of nitrogens with zero attached hydrogens (tertiary/aromatic N) is 2. The van der Waals surface area contributed by atoms with Gasteiger partial charge in [-0.2, -0.15) is 4.31 Å². The predicted molar refractivity (Wildman–Crippen MR) is 134 cm³/mol. The molecule has 2 aliphatic carbocycles. The number of hydrogen-bond donors (Lipinski definition) is 0. The number of rotatable bonds is 6. The van der Waals surface area contributed by atoms with Crippen LogP contribution >= 0.6 is 0 Å². The summed E-state index contributed by atoms with van der Waals surface area (Å²) in [5.74, 6) is -2.97. The molecule has 3 aliphatic rings. The van der Waals surface area contributed by atoms with Crippen molar-refractivity contribution in [2.24, 2.45) is 0 Å². The van der Waals surface area contributed by atoms with Crippen LogP contribution in [0.4, 0.5) is 8.78 Å². The molecule has 1 saturated heterocycles. The number of alkyl halides is 2. The number of hydrogen-bond acceptors (Lipinski definition) is 3. The van der Waals surface area contributed by atoms with Gasteiger partial charge in [0.05, 0.1) is 4.90 Å². The molecule has 1 atom stereocenters. The highest BCUT2D eigenvalue weighted by Crippen LogP contribution is 2.37. The lowest BCUT2D eigenvalue weighted by molar-refractivity contribution is -0.141. The lowest BCUT2D eigenvalue weighted by Crippen LogP contribution is -2.52. The Kier molecular flexibility index (Phi) is 6.94. The van der Waals surface area contributed by atoms with Crippen LogP contribution in [0, 0.1) is 6.92 Å². The zero-order valence-electron chi connectivity index (χ0n) is 20.8. The molecular weight excluding hydrogens is 482 g/mol. The molecular formula is C28H34F2N2O3S. The molecule has 0 unspecified atom stereocenters. The maximum atomic E-state index is 14.0. The van der Waals surface area contributed by atoms with E-state index in [9.17, 15) is 22.0 Å². The Balaban J connectivity index is 1.42. The monoisotopic (exact) mass is 516 g/mol. The largest absolute Gasteiger partial charge is 0.334 e. The molecule has 36 heavy (non-hydrogen) atoms. The van der Waals surface area contributed by atoms with E-state index < -0.39 is 22.0 Å². The second-order valence-electron chi connectivity index (χ2n) is 10.6. The standard InChI is InChI=1S/C28H34F2N2O3S/c1-20-7-11-25(12-8-20)36(34,35)32-17-3-6-26(32)27(33)31(24-13-15-28(29,30)16-14-24)19-21-9-10-22-4-2-5-23(22)18-21/h7-12,18,24,26H,2-6,13-17,19H2,1H3/t26-/m0/s1. The highest BCUT2D eigenvalue weighted by atomic mass is 32.2. The number of sulfonamides is 1. The third-order valence-electron chi connectivity index (χ3n) is 8.04. The number of carbonyl (C=O) groups is 1. The SMILES string of the molecule is Cc1ccc(S(=O)(=O)N2CCC[C@H]2C(=O)N(Cc2ccc3c(c2)CCC3)C2CCC(F)(F)CC2)cc1. The van der Waals surface area contributed by atoms with Crippen molar-refractivity contribution in [3.63, 3.8) is 0 Å². The van der Waals surface area contributed by atoms with E-state index in [1.807, 2.05) is 13.0 Å². The minimum Gasteiger partial charge on any atom is -0.334 e. The van der Waals surface area contributed by atoms with Crippen molar-refractivity contribution in [3.8, 4) is 0 Å². The summed E-state index contributed by atoms with van der Waals surface area (Å²) in [4.78, 5) is 15.9. The Bertz CT molecular complexity index is 1220. The first-order chi connectivity index (χ1) is 17.1. The lowest BCUT2D eigenvalue weighted by Gasteiger charge is -2.39. The van der Waals surface area contributed by atoms with Gasteiger partial charge < -0.3 is 4.90 Å². The number of carbonyl (C=O) groups excluding carboxylic acids is 1. The molecule has 1 amide bonds. The molecule has 1 heterocycles. The average Bonchev–Trinajstić information content (AvgIpc) is 3.52. The van der Waals surface area contributed by atoms with Gasteiger partial charge in [0.15, 0.2) is 0 Å². The zero-order chi connectivity index (χ0) is 25.5. The van der Waals surface area contributed by atoms with E-state index in [1.54, 1.807) is 29.2 Å². The minimum absolute atomic E-state index is 0.176. The van der Waals surface area contributed by atoms with Crippen LogP contribution in [-0.4, -0.2) is 48.1 Å². The fourth-order valence-corrected chi connectivity index (χ4v) is 7.61. The molecule has 0 aromatic heterocycles. The van der Waals surface area contributed by atoms with Gasteiger partial charge >= 0.3 is 0 Å². The van der Waals surface area contributed by atoms with E-state index in [1.165, 1.54) is 15.4 Å². The summed E-state index contributed by atoms with van der Waals surface area (Å²) in [5, 5.41) is 0. The molecule has 2 aromatic rings. The molecule has 1 aliphatic heterocycles. The van der Waals surface area contributed by atoms with Gasteiger partial charge in [-0.05, 0) is 80.7 Å². The van der Waals surface area contributed by atoms with Crippen molar-refractivity contribution in [2.45, 2.75) is 94.2 Å². The number of aryl methyl sites for hydroxylation is 3. The predicted octanol–water partition coefficient (Wildman–Crippen LogP) is 5.24. The van der Waals surface area contributed by atoms with Crippen molar-refractivity contribution in [1.29, 1.82) is 0 Å². The van der Waals surface area contributed by atoms with Crippen LogP contribution in [0.25, 0.3) is 0 Å². The number of fused-ring (bicyclic) bond motifs is 1. The number of benzene rings is 2. The van der Waals surface area contributed by atoms with Gasteiger partial charge in [0.25, 0.3) is 0 Å². The maximum absolute atomic E-state index is 14.0. The van der Waals surface area contributed by atoms with Gasteiger partial charge in [-0.1, -0.05) is 35.9 Å². The van der Waals surface area contributed by atoms with Crippen LogP contribution in [0.3, 0.4) is 0 Å². The van der Waals surface area contributed by atoms with E-state index in [0.29, 0.717) is 19.4 Å².